The quantitative estimate of drug-likeness (QED) is 0.880. The molecule has 98 valence electrons. The molecular weight excluding hydrogens is 232 g/mol. The van der Waals surface area contributed by atoms with E-state index < -0.39 is 5.97 Å². The maximum absolute atomic E-state index is 11.1. The van der Waals surface area contributed by atoms with Crippen LogP contribution in [-0.2, 0) is 4.74 Å². The van der Waals surface area contributed by atoms with E-state index in [1.807, 2.05) is 11.9 Å². The number of hydrogen-bond donors (Lipinski definition) is 1. The molecule has 0 atom stereocenters. The molecule has 1 aromatic rings. The first-order chi connectivity index (χ1) is 8.68. The lowest BCUT2D eigenvalue weighted by molar-refractivity contribution is 0.0675. The van der Waals surface area contributed by atoms with Crippen molar-refractivity contribution in [3.05, 3.63) is 24.0 Å². The first-order valence-corrected chi connectivity index (χ1v) is 6.15. The molecule has 0 spiro atoms. The molecule has 18 heavy (non-hydrogen) atoms. The Kier molecular flexibility index (Phi) is 4.15. The summed E-state index contributed by atoms with van der Waals surface area (Å²) in [6.45, 7) is 2.45. The van der Waals surface area contributed by atoms with Gasteiger partial charge in [-0.25, -0.2) is 9.78 Å². The summed E-state index contributed by atoms with van der Waals surface area (Å²) in [7, 11) is 1.92. The topological polar surface area (TPSA) is 62.7 Å². The Bertz CT molecular complexity index is 416. The predicted molar refractivity (Wildman–Crippen MR) is 68.0 cm³/mol. The standard InChI is InChI=1S/C13H18N2O3/c1-15(9-10-4-7-18-8-5-10)11-3-2-6-14-12(11)13(16)17/h2-3,6,10H,4-5,7-9H2,1H3,(H,16,17). The van der Waals surface area contributed by atoms with Gasteiger partial charge in [0.2, 0.25) is 0 Å². The summed E-state index contributed by atoms with van der Waals surface area (Å²) in [6.07, 6.45) is 3.58. The lowest BCUT2D eigenvalue weighted by Gasteiger charge is -2.28. The number of carboxylic acids is 1. The summed E-state index contributed by atoms with van der Waals surface area (Å²) in [5.41, 5.74) is 0.795. The molecule has 0 radical (unpaired) electrons. The Labute approximate surface area is 106 Å². The highest BCUT2D eigenvalue weighted by Crippen LogP contribution is 2.21. The molecular formula is C13H18N2O3. The van der Waals surface area contributed by atoms with Crippen LogP contribution in [0.5, 0.6) is 0 Å². The first kappa shape index (κ1) is 12.8. The third-order valence-corrected chi connectivity index (χ3v) is 3.27. The zero-order chi connectivity index (χ0) is 13.0. The number of carbonyl (C=O) groups is 1. The van der Waals surface area contributed by atoms with Gasteiger partial charge in [0.1, 0.15) is 0 Å². The fraction of sp³-hybridized carbons (Fsp3) is 0.538. The van der Waals surface area contributed by atoms with Gasteiger partial charge in [-0.2, -0.15) is 0 Å². The third-order valence-electron chi connectivity index (χ3n) is 3.27. The Morgan fingerprint density at radius 3 is 2.94 bits per heavy atom. The lowest BCUT2D eigenvalue weighted by atomic mass is 9.99. The van der Waals surface area contributed by atoms with Gasteiger partial charge in [0.25, 0.3) is 0 Å². The van der Waals surface area contributed by atoms with E-state index in [9.17, 15) is 4.79 Å². The average Bonchev–Trinajstić information content (AvgIpc) is 2.40. The van der Waals surface area contributed by atoms with E-state index in [4.69, 9.17) is 9.84 Å². The van der Waals surface area contributed by atoms with Gasteiger partial charge in [-0.3, -0.25) is 0 Å². The second-order valence-electron chi connectivity index (χ2n) is 4.61. The molecule has 1 saturated heterocycles. The van der Waals surface area contributed by atoms with E-state index >= 15 is 0 Å². The van der Waals surface area contributed by atoms with E-state index in [0.717, 1.165) is 32.6 Å². The highest BCUT2D eigenvalue weighted by Gasteiger charge is 2.19. The molecule has 1 aliphatic heterocycles. The number of rotatable bonds is 4. The number of carboxylic acid groups (broad SMARTS) is 1. The van der Waals surface area contributed by atoms with Crippen LogP contribution in [0.25, 0.3) is 0 Å². The molecule has 0 aliphatic carbocycles. The molecule has 5 nitrogen and oxygen atoms in total. The van der Waals surface area contributed by atoms with Crippen molar-refractivity contribution in [2.45, 2.75) is 12.8 Å². The van der Waals surface area contributed by atoms with Crippen molar-refractivity contribution in [3.8, 4) is 0 Å². The second kappa shape index (κ2) is 5.82. The zero-order valence-corrected chi connectivity index (χ0v) is 10.5. The minimum absolute atomic E-state index is 0.118. The van der Waals surface area contributed by atoms with Crippen molar-refractivity contribution in [1.29, 1.82) is 0 Å². The normalized spacial score (nSPS) is 16.5. The van der Waals surface area contributed by atoms with Crippen LogP contribution in [0.2, 0.25) is 0 Å². The van der Waals surface area contributed by atoms with Gasteiger partial charge in [0, 0.05) is 33.0 Å². The summed E-state index contributed by atoms with van der Waals surface area (Å²) >= 11 is 0. The van der Waals surface area contributed by atoms with Crippen molar-refractivity contribution in [1.82, 2.24) is 4.98 Å². The number of ether oxygens (including phenoxy) is 1. The van der Waals surface area contributed by atoms with Gasteiger partial charge in [0.05, 0.1) is 5.69 Å². The number of aromatic carboxylic acids is 1. The van der Waals surface area contributed by atoms with Gasteiger partial charge in [-0.1, -0.05) is 0 Å². The van der Waals surface area contributed by atoms with Crippen molar-refractivity contribution in [2.75, 3.05) is 31.7 Å². The highest BCUT2D eigenvalue weighted by molar-refractivity contribution is 5.92. The van der Waals surface area contributed by atoms with Gasteiger partial charge >= 0.3 is 5.97 Å². The van der Waals surface area contributed by atoms with Crippen LogP contribution < -0.4 is 4.90 Å². The van der Waals surface area contributed by atoms with Gasteiger partial charge in [0.15, 0.2) is 5.69 Å². The summed E-state index contributed by atoms with van der Waals surface area (Å²) in [5, 5.41) is 9.11. The molecule has 1 aliphatic rings. The summed E-state index contributed by atoms with van der Waals surface area (Å²) in [5.74, 6) is -0.421. The fourth-order valence-electron chi connectivity index (χ4n) is 2.28. The molecule has 0 saturated carbocycles. The highest BCUT2D eigenvalue weighted by atomic mass is 16.5. The van der Waals surface area contributed by atoms with Crippen LogP contribution in [0.3, 0.4) is 0 Å². The maximum atomic E-state index is 11.1. The number of hydrogen-bond acceptors (Lipinski definition) is 4. The molecule has 0 amide bonds. The fourth-order valence-corrected chi connectivity index (χ4v) is 2.28. The SMILES string of the molecule is CN(CC1CCOCC1)c1cccnc1C(=O)O. The maximum Gasteiger partial charge on any atom is 0.356 e. The molecule has 1 N–H and O–H groups in total. The minimum Gasteiger partial charge on any atom is -0.476 e. The van der Waals surface area contributed by atoms with E-state index in [-0.39, 0.29) is 5.69 Å². The third kappa shape index (κ3) is 2.98. The van der Waals surface area contributed by atoms with Crippen LogP contribution >= 0.6 is 0 Å². The molecule has 5 heteroatoms. The molecule has 1 fully saturated rings. The number of aromatic nitrogens is 1. The number of nitrogens with zero attached hydrogens (tertiary/aromatic N) is 2. The number of anilines is 1. The predicted octanol–water partition coefficient (Wildman–Crippen LogP) is 1.64. The molecule has 0 bridgehead atoms. The Morgan fingerprint density at radius 2 is 2.28 bits per heavy atom. The van der Waals surface area contributed by atoms with Crippen molar-refractivity contribution in [2.24, 2.45) is 5.92 Å². The molecule has 2 heterocycles. The van der Waals surface area contributed by atoms with Crippen LogP contribution in [0, 0.1) is 5.92 Å². The first-order valence-electron chi connectivity index (χ1n) is 6.15. The minimum atomic E-state index is -0.982. The van der Waals surface area contributed by atoms with Crippen LogP contribution in [0.4, 0.5) is 5.69 Å². The Morgan fingerprint density at radius 1 is 1.56 bits per heavy atom. The van der Waals surface area contributed by atoms with Crippen molar-refractivity contribution in [3.63, 3.8) is 0 Å². The summed E-state index contributed by atoms with van der Waals surface area (Å²) < 4.78 is 5.32. The van der Waals surface area contributed by atoms with Gasteiger partial charge in [-0.15, -0.1) is 0 Å². The Hall–Kier alpha value is -1.62. The second-order valence-corrected chi connectivity index (χ2v) is 4.61. The average molecular weight is 250 g/mol. The zero-order valence-electron chi connectivity index (χ0n) is 10.5. The lowest BCUT2D eigenvalue weighted by Crippen LogP contribution is -2.30. The van der Waals surface area contributed by atoms with E-state index in [1.54, 1.807) is 12.1 Å². The van der Waals surface area contributed by atoms with Crippen molar-refractivity contribution < 1.29 is 14.6 Å². The van der Waals surface area contributed by atoms with Crippen LogP contribution in [0.15, 0.2) is 18.3 Å². The van der Waals surface area contributed by atoms with E-state index in [0.29, 0.717) is 11.6 Å². The van der Waals surface area contributed by atoms with Crippen molar-refractivity contribution >= 4 is 11.7 Å². The number of pyridine rings is 1. The molecule has 1 aromatic heterocycles. The molecule has 0 unspecified atom stereocenters. The van der Waals surface area contributed by atoms with Gasteiger partial charge < -0.3 is 14.7 Å². The van der Waals surface area contributed by atoms with Gasteiger partial charge in [-0.05, 0) is 30.9 Å². The van der Waals surface area contributed by atoms with E-state index in [2.05, 4.69) is 4.98 Å². The summed E-state index contributed by atoms with van der Waals surface area (Å²) in [6, 6.07) is 3.57. The smallest absolute Gasteiger partial charge is 0.356 e. The van der Waals surface area contributed by atoms with Crippen LogP contribution in [-0.4, -0.2) is 42.9 Å². The Balaban J connectivity index is 2.08. The van der Waals surface area contributed by atoms with Crippen LogP contribution in [0.1, 0.15) is 23.3 Å². The molecule has 0 aromatic carbocycles. The van der Waals surface area contributed by atoms with E-state index in [1.165, 1.54) is 6.20 Å². The monoisotopic (exact) mass is 250 g/mol. The summed E-state index contributed by atoms with van der Waals surface area (Å²) in [4.78, 5) is 17.0. The molecule has 2 rings (SSSR count). The largest absolute Gasteiger partial charge is 0.476 e.